The molecule has 1 aliphatic rings. The standard InChI is InChI=1S/C26H17FN4O4S/c27-18-7-11-19(12-8-18)30-25(33)22(24(32)28-26(30)36)13-17-15-29(23-4-2-1-3-21(17)23)14-16-5-9-20(10-6-16)31(34)35/h1-13,15H,14H2,(H,28,32,36)/b22-13-. The number of rotatable bonds is 5. The van der Waals surface area contributed by atoms with Crippen LogP contribution in [0.2, 0.25) is 0 Å². The average molecular weight is 501 g/mol. The fourth-order valence-electron chi connectivity index (χ4n) is 4.08. The van der Waals surface area contributed by atoms with Gasteiger partial charge in [0.1, 0.15) is 11.4 Å². The Bertz CT molecular complexity index is 1580. The van der Waals surface area contributed by atoms with Crippen molar-refractivity contribution in [3.8, 4) is 0 Å². The first-order valence-electron chi connectivity index (χ1n) is 10.8. The van der Waals surface area contributed by atoms with Gasteiger partial charge in [-0.15, -0.1) is 0 Å². The monoisotopic (exact) mass is 500 g/mol. The molecule has 2 heterocycles. The Morgan fingerprint density at radius 2 is 1.69 bits per heavy atom. The molecule has 0 aliphatic carbocycles. The van der Waals surface area contributed by atoms with Crippen molar-refractivity contribution in [3.05, 3.63) is 112 Å². The number of hydrogen-bond acceptors (Lipinski definition) is 5. The van der Waals surface area contributed by atoms with Gasteiger partial charge in [-0.2, -0.15) is 0 Å². The Balaban J connectivity index is 1.53. The molecule has 0 radical (unpaired) electrons. The van der Waals surface area contributed by atoms with E-state index < -0.39 is 22.6 Å². The van der Waals surface area contributed by atoms with E-state index in [1.165, 1.54) is 42.5 Å². The molecule has 36 heavy (non-hydrogen) atoms. The second-order valence-electron chi connectivity index (χ2n) is 8.09. The summed E-state index contributed by atoms with van der Waals surface area (Å²) in [5.74, 6) is -1.71. The summed E-state index contributed by atoms with van der Waals surface area (Å²) in [7, 11) is 0. The van der Waals surface area contributed by atoms with Crippen molar-refractivity contribution >= 4 is 57.5 Å². The number of carbonyl (C=O) groups is 2. The zero-order chi connectivity index (χ0) is 25.4. The summed E-state index contributed by atoms with van der Waals surface area (Å²) in [5.41, 5.74) is 2.56. The third-order valence-corrected chi connectivity index (χ3v) is 6.09. The molecule has 1 aliphatic heterocycles. The van der Waals surface area contributed by atoms with Crippen LogP contribution in [0, 0.1) is 15.9 Å². The first-order valence-corrected chi connectivity index (χ1v) is 11.2. The lowest BCUT2D eigenvalue weighted by Gasteiger charge is -2.28. The van der Waals surface area contributed by atoms with Crippen molar-refractivity contribution < 1.29 is 18.9 Å². The maximum atomic E-state index is 13.4. The molecule has 0 saturated carbocycles. The highest BCUT2D eigenvalue weighted by molar-refractivity contribution is 7.80. The van der Waals surface area contributed by atoms with E-state index in [-0.39, 0.29) is 16.4 Å². The van der Waals surface area contributed by atoms with Gasteiger partial charge in [-0.25, -0.2) is 4.39 Å². The fourth-order valence-corrected chi connectivity index (χ4v) is 4.36. The van der Waals surface area contributed by atoms with E-state index in [0.29, 0.717) is 17.8 Å². The third kappa shape index (κ3) is 4.25. The minimum atomic E-state index is -0.629. The van der Waals surface area contributed by atoms with Gasteiger partial charge in [-0.1, -0.05) is 30.3 Å². The Labute approximate surface area is 209 Å². The Morgan fingerprint density at radius 1 is 1.00 bits per heavy atom. The van der Waals surface area contributed by atoms with Crippen LogP contribution in [0.5, 0.6) is 0 Å². The number of thiocarbonyl (C=S) groups is 1. The van der Waals surface area contributed by atoms with Gasteiger partial charge in [-0.3, -0.25) is 29.9 Å². The second kappa shape index (κ2) is 9.16. The predicted octanol–water partition coefficient (Wildman–Crippen LogP) is 4.57. The molecular formula is C26H17FN4O4S. The number of halogens is 1. The van der Waals surface area contributed by atoms with Crippen molar-refractivity contribution in [1.29, 1.82) is 0 Å². The molecule has 0 bridgehead atoms. The third-order valence-electron chi connectivity index (χ3n) is 5.81. The normalized spacial score (nSPS) is 15.0. The van der Waals surface area contributed by atoms with E-state index in [4.69, 9.17) is 12.2 Å². The topological polar surface area (TPSA) is 97.5 Å². The van der Waals surface area contributed by atoms with Gasteiger partial charge in [0.25, 0.3) is 17.5 Å². The van der Waals surface area contributed by atoms with Crippen LogP contribution in [0.15, 0.2) is 84.6 Å². The molecule has 1 N–H and O–H groups in total. The van der Waals surface area contributed by atoms with E-state index in [1.807, 2.05) is 35.0 Å². The number of para-hydroxylation sites is 1. The number of anilines is 1. The highest BCUT2D eigenvalue weighted by Gasteiger charge is 2.34. The van der Waals surface area contributed by atoms with Crippen LogP contribution in [-0.4, -0.2) is 26.4 Å². The second-order valence-corrected chi connectivity index (χ2v) is 8.47. The number of amides is 2. The molecule has 10 heteroatoms. The molecule has 1 saturated heterocycles. The van der Waals surface area contributed by atoms with E-state index >= 15 is 0 Å². The van der Waals surface area contributed by atoms with E-state index in [1.54, 1.807) is 12.1 Å². The molecule has 8 nitrogen and oxygen atoms in total. The number of nitro benzene ring substituents is 1. The summed E-state index contributed by atoms with van der Waals surface area (Å²) >= 11 is 5.20. The summed E-state index contributed by atoms with van der Waals surface area (Å²) in [4.78, 5) is 37.7. The summed E-state index contributed by atoms with van der Waals surface area (Å²) < 4.78 is 15.3. The van der Waals surface area contributed by atoms with Gasteiger partial charge >= 0.3 is 0 Å². The van der Waals surface area contributed by atoms with Crippen molar-refractivity contribution in [1.82, 2.24) is 9.88 Å². The number of benzene rings is 3. The molecule has 5 rings (SSSR count). The van der Waals surface area contributed by atoms with Crippen LogP contribution in [-0.2, 0) is 16.1 Å². The number of fused-ring (bicyclic) bond motifs is 1. The SMILES string of the molecule is O=C1NC(=S)N(c2ccc(F)cc2)C(=O)/C1=C\c1cn(Cc2ccc([N+](=O)[O-])cc2)c2ccccc12. The number of nitro groups is 1. The maximum absolute atomic E-state index is 13.4. The lowest BCUT2D eigenvalue weighted by molar-refractivity contribution is -0.384. The highest BCUT2D eigenvalue weighted by Crippen LogP contribution is 2.27. The lowest BCUT2D eigenvalue weighted by Crippen LogP contribution is -2.54. The molecular weight excluding hydrogens is 483 g/mol. The summed E-state index contributed by atoms with van der Waals surface area (Å²) in [5, 5.41) is 14.2. The van der Waals surface area contributed by atoms with Crippen molar-refractivity contribution in [2.24, 2.45) is 0 Å². The Hall–Kier alpha value is -4.70. The van der Waals surface area contributed by atoms with Gasteiger partial charge in [0.05, 0.1) is 10.6 Å². The zero-order valence-corrected chi connectivity index (χ0v) is 19.4. The molecule has 4 aromatic rings. The molecule has 2 amide bonds. The molecule has 1 fully saturated rings. The van der Waals surface area contributed by atoms with Crippen LogP contribution in [0.1, 0.15) is 11.1 Å². The van der Waals surface area contributed by atoms with Crippen LogP contribution in [0.3, 0.4) is 0 Å². The van der Waals surface area contributed by atoms with Gasteiger partial charge in [0.15, 0.2) is 5.11 Å². The van der Waals surface area contributed by atoms with Crippen LogP contribution in [0.4, 0.5) is 15.8 Å². The van der Waals surface area contributed by atoms with Crippen LogP contribution in [0.25, 0.3) is 17.0 Å². The predicted molar refractivity (Wildman–Crippen MR) is 137 cm³/mol. The Morgan fingerprint density at radius 3 is 2.39 bits per heavy atom. The molecule has 0 spiro atoms. The number of hydrogen-bond donors (Lipinski definition) is 1. The molecule has 0 atom stereocenters. The first-order chi connectivity index (χ1) is 17.3. The lowest BCUT2D eigenvalue weighted by atomic mass is 10.1. The quantitative estimate of drug-likeness (QED) is 0.142. The maximum Gasteiger partial charge on any atom is 0.270 e. The first kappa shape index (κ1) is 23.1. The molecule has 0 unspecified atom stereocenters. The molecule has 1 aromatic heterocycles. The highest BCUT2D eigenvalue weighted by atomic mass is 32.1. The van der Waals surface area contributed by atoms with Crippen molar-refractivity contribution in [2.75, 3.05) is 4.90 Å². The van der Waals surface area contributed by atoms with Crippen molar-refractivity contribution in [2.45, 2.75) is 6.54 Å². The summed E-state index contributed by atoms with van der Waals surface area (Å²) in [6.45, 7) is 0.424. The number of carbonyl (C=O) groups excluding carboxylic acids is 2. The smallest absolute Gasteiger partial charge is 0.270 e. The fraction of sp³-hybridized carbons (Fsp3) is 0.0385. The minimum absolute atomic E-state index is 0.00647. The summed E-state index contributed by atoms with van der Waals surface area (Å²) in [6, 6.07) is 19.0. The van der Waals surface area contributed by atoms with E-state index in [0.717, 1.165) is 21.4 Å². The Kier molecular flexibility index (Phi) is 5.87. The number of nitrogens with zero attached hydrogens (tertiary/aromatic N) is 3. The average Bonchev–Trinajstić information content (AvgIpc) is 3.20. The number of aromatic nitrogens is 1. The number of nitrogens with one attached hydrogen (secondary N) is 1. The van der Waals surface area contributed by atoms with Gasteiger partial charge in [0, 0.05) is 41.3 Å². The van der Waals surface area contributed by atoms with E-state index in [2.05, 4.69) is 5.32 Å². The largest absolute Gasteiger partial charge is 0.342 e. The van der Waals surface area contributed by atoms with E-state index in [9.17, 15) is 24.1 Å². The molecule has 3 aromatic carbocycles. The number of non-ortho nitro benzene ring substituents is 1. The summed E-state index contributed by atoms with van der Waals surface area (Å²) in [6.07, 6.45) is 3.32. The van der Waals surface area contributed by atoms with Gasteiger partial charge < -0.3 is 4.57 Å². The van der Waals surface area contributed by atoms with Crippen LogP contribution < -0.4 is 10.2 Å². The zero-order valence-electron chi connectivity index (χ0n) is 18.6. The van der Waals surface area contributed by atoms with Gasteiger partial charge in [-0.05, 0) is 54.2 Å². The van der Waals surface area contributed by atoms with Gasteiger partial charge in [0.2, 0.25) is 0 Å². The van der Waals surface area contributed by atoms with Crippen molar-refractivity contribution in [3.63, 3.8) is 0 Å². The molecule has 178 valence electrons. The minimum Gasteiger partial charge on any atom is -0.342 e. The van der Waals surface area contributed by atoms with Crippen LogP contribution >= 0.6 is 12.2 Å².